The van der Waals surface area contributed by atoms with Crippen molar-refractivity contribution < 1.29 is 14.4 Å². The average Bonchev–Trinajstić information content (AvgIpc) is 2.97. The lowest BCUT2D eigenvalue weighted by molar-refractivity contribution is -0.136. The van der Waals surface area contributed by atoms with Crippen LogP contribution in [0.3, 0.4) is 0 Å². The molecule has 2 N–H and O–H groups in total. The van der Waals surface area contributed by atoms with Crippen LogP contribution in [-0.4, -0.2) is 35.3 Å². The molecule has 4 amide bonds. The summed E-state index contributed by atoms with van der Waals surface area (Å²) in [5, 5.41) is 6.00. The number of rotatable bonds is 7. The molecule has 33 heavy (non-hydrogen) atoms. The zero-order valence-corrected chi connectivity index (χ0v) is 20.2. The van der Waals surface area contributed by atoms with Gasteiger partial charge in [0.15, 0.2) is 0 Å². The summed E-state index contributed by atoms with van der Waals surface area (Å²) in [5.41, 5.74) is 0.992. The smallest absolute Gasteiger partial charge is 0.325 e. The van der Waals surface area contributed by atoms with Crippen LogP contribution >= 0.6 is 0 Å². The van der Waals surface area contributed by atoms with E-state index < -0.39 is 11.6 Å². The molecule has 0 radical (unpaired) electrons. The third-order valence-corrected chi connectivity index (χ3v) is 9.03. The van der Waals surface area contributed by atoms with Gasteiger partial charge in [-0.05, 0) is 93.1 Å². The first-order valence-corrected chi connectivity index (χ1v) is 12.8. The van der Waals surface area contributed by atoms with Crippen molar-refractivity contribution in [2.75, 3.05) is 6.54 Å². The van der Waals surface area contributed by atoms with Crippen molar-refractivity contribution in [1.29, 1.82) is 0 Å². The van der Waals surface area contributed by atoms with Crippen LogP contribution < -0.4 is 10.6 Å². The van der Waals surface area contributed by atoms with Crippen LogP contribution in [0.15, 0.2) is 24.3 Å². The Labute approximate surface area is 196 Å². The minimum absolute atomic E-state index is 0.0664. The highest BCUT2D eigenvalue weighted by atomic mass is 16.2. The van der Waals surface area contributed by atoms with E-state index in [2.05, 4.69) is 24.5 Å². The van der Waals surface area contributed by atoms with Crippen LogP contribution in [0.25, 0.3) is 0 Å². The number of imide groups is 1. The molecule has 0 aromatic heterocycles. The van der Waals surface area contributed by atoms with Crippen LogP contribution in [0.5, 0.6) is 0 Å². The van der Waals surface area contributed by atoms with Crippen molar-refractivity contribution in [2.45, 2.75) is 83.7 Å². The fraction of sp³-hybridized carbons (Fsp3) is 0.667. The Hall–Kier alpha value is -2.37. The van der Waals surface area contributed by atoms with Crippen LogP contribution in [0.2, 0.25) is 0 Å². The first-order valence-electron chi connectivity index (χ1n) is 12.8. The van der Waals surface area contributed by atoms with E-state index in [0.717, 1.165) is 41.1 Å². The number of carbonyl (C=O) groups is 3. The van der Waals surface area contributed by atoms with Gasteiger partial charge in [0.1, 0.15) is 12.1 Å². The number of hydrogen-bond acceptors (Lipinski definition) is 3. The highest BCUT2D eigenvalue weighted by Crippen LogP contribution is 2.61. The molecule has 0 unspecified atom stereocenters. The molecule has 6 heteroatoms. The molecular formula is C27H37N3O3. The summed E-state index contributed by atoms with van der Waals surface area (Å²) in [6.07, 6.45) is 9.73. The number of nitrogens with one attached hydrogen (secondary N) is 2. The molecule has 6 rings (SSSR count). The van der Waals surface area contributed by atoms with Gasteiger partial charge in [-0.2, -0.15) is 0 Å². The van der Waals surface area contributed by atoms with E-state index in [9.17, 15) is 14.4 Å². The summed E-state index contributed by atoms with van der Waals surface area (Å²) in [6.45, 7) is 5.74. The Morgan fingerprint density at radius 2 is 1.67 bits per heavy atom. The Bertz CT molecular complexity index is 921. The van der Waals surface area contributed by atoms with Crippen LogP contribution in [0.1, 0.15) is 76.8 Å². The van der Waals surface area contributed by atoms with Gasteiger partial charge in [0.05, 0.1) is 0 Å². The van der Waals surface area contributed by atoms with E-state index in [1.54, 1.807) is 6.92 Å². The van der Waals surface area contributed by atoms with Gasteiger partial charge < -0.3 is 10.6 Å². The fourth-order valence-corrected chi connectivity index (χ4v) is 7.62. The van der Waals surface area contributed by atoms with Crippen molar-refractivity contribution in [3.63, 3.8) is 0 Å². The van der Waals surface area contributed by atoms with Gasteiger partial charge in [0.2, 0.25) is 5.91 Å². The Balaban J connectivity index is 1.24. The maximum atomic E-state index is 13.3. The molecule has 1 heterocycles. The van der Waals surface area contributed by atoms with Gasteiger partial charge in [-0.3, -0.25) is 14.5 Å². The fourth-order valence-electron chi connectivity index (χ4n) is 7.62. The summed E-state index contributed by atoms with van der Waals surface area (Å²) in [6, 6.07) is 7.39. The minimum atomic E-state index is -1.15. The van der Waals surface area contributed by atoms with Crippen LogP contribution in [0.4, 0.5) is 4.79 Å². The highest BCUT2D eigenvalue weighted by Gasteiger charge is 2.54. The molecule has 5 fully saturated rings. The van der Waals surface area contributed by atoms with E-state index in [1.807, 2.05) is 24.3 Å². The van der Waals surface area contributed by atoms with E-state index in [4.69, 9.17) is 0 Å². The molecule has 1 aromatic carbocycles. The number of carbonyl (C=O) groups excluding carboxylic acids is 3. The molecule has 0 spiro atoms. The standard InChI is InChI=1S/C27H37N3O3/c1-4-5-18-6-8-22(9-7-18)26(3)24(32)30(25(33)29-26)16-23(31)28-17(2)27-13-19-10-20(14-27)12-21(11-19)15-27/h6-9,17,19-21H,4-5,10-16H2,1-3H3,(H,28,31)(H,29,33)/t17-,19?,20?,21?,26-,27?/m1/s1. The molecule has 4 bridgehead atoms. The average molecular weight is 452 g/mol. The second-order valence-corrected chi connectivity index (χ2v) is 11.5. The highest BCUT2D eigenvalue weighted by molar-refractivity contribution is 6.09. The zero-order valence-electron chi connectivity index (χ0n) is 20.2. The monoisotopic (exact) mass is 451 g/mol. The molecule has 4 saturated carbocycles. The molecule has 5 aliphatic rings. The number of hydrogen-bond donors (Lipinski definition) is 2. The predicted molar refractivity (Wildman–Crippen MR) is 126 cm³/mol. The largest absolute Gasteiger partial charge is 0.352 e. The normalized spacial score (nSPS) is 35.6. The minimum Gasteiger partial charge on any atom is -0.352 e. The lowest BCUT2D eigenvalue weighted by Crippen LogP contribution is -2.57. The topological polar surface area (TPSA) is 78.5 Å². The second kappa shape index (κ2) is 8.14. The Morgan fingerprint density at radius 1 is 1.09 bits per heavy atom. The van der Waals surface area contributed by atoms with Crippen molar-refractivity contribution in [3.8, 4) is 0 Å². The van der Waals surface area contributed by atoms with Crippen molar-refractivity contribution >= 4 is 17.8 Å². The quantitative estimate of drug-likeness (QED) is 0.612. The van der Waals surface area contributed by atoms with Gasteiger partial charge in [-0.25, -0.2) is 4.79 Å². The number of urea groups is 1. The zero-order chi connectivity index (χ0) is 23.4. The second-order valence-electron chi connectivity index (χ2n) is 11.5. The summed E-state index contributed by atoms with van der Waals surface area (Å²) in [5.74, 6) is 1.82. The molecular weight excluding hydrogens is 414 g/mol. The maximum Gasteiger partial charge on any atom is 0.325 e. The Morgan fingerprint density at radius 3 is 2.21 bits per heavy atom. The lowest BCUT2D eigenvalue weighted by Gasteiger charge is -2.59. The molecule has 1 aromatic rings. The molecule has 1 saturated heterocycles. The van der Waals surface area contributed by atoms with Crippen molar-refractivity contribution in [1.82, 2.24) is 15.5 Å². The van der Waals surface area contributed by atoms with Crippen molar-refractivity contribution in [2.24, 2.45) is 23.2 Å². The van der Waals surface area contributed by atoms with E-state index in [0.29, 0.717) is 0 Å². The van der Waals surface area contributed by atoms with Gasteiger partial charge in [-0.1, -0.05) is 37.6 Å². The summed E-state index contributed by atoms with van der Waals surface area (Å²) in [4.78, 5) is 40.0. The van der Waals surface area contributed by atoms with Gasteiger partial charge >= 0.3 is 6.03 Å². The SMILES string of the molecule is CCCc1ccc([C@@]2(C)NC(=O)N(CC(=O)N[C@H](C)C34CC5CC(CC(C5)C3)C4)C2=O)cc1. The molecule has 1 aliphatic heterocycles. The van der Waals surface area contributed by atoms with Crippen molar-refractivity contribution in [3.05, 3.63) is 35.4 Å². The number of aryl methyl sites for hydroxylation is 1. The summed E-state index contributed by atoms with van der Waals surface area (Å²) >= 11 is 0. The van der Waals surface area contributed by atoms with E-state index >= 15 is 0 Å². The van der Waals surface area contributed by atoms with Crippen LogP contribution in [-0.2, 0) is 21.5 Å². The molecule has 4 aliphatic carbocycles. The first-order chi connectivity index (χ1) is 15.7. The number of nitrogens with zero attached hydrogens (tertiary/aromatic N) is 1. The van der Waals surface area contributed by atoms with Gasteiger partial charge in [0, 0.05) is 6.04 Å². The van der Waals surface area contributed by atoms with E-state index in [-0.39, 0.29) is 29.8 Å². The third-order valence-electron chi connectivity index (χ3n) is 9.03. The molecule has 6 nitrogen and oxygen atoms in total. The predicted octanol–water partition coefficient (Wildman–Crippen LogP) is 4.13. The maximum absolute atomic E-state index is 13.3. The molecule has 178 valence electrons. The first kappa shape index (κ1) is 22.4. The summed E-state index contributed by atoms with van der Waals surface area (Å²) < 4.78 is 0. The third kappa shape index (κ3) is 3.85. The van der Waals surface area contributed by atoms with Gasteiger partial charge in [-0.15, -0.1) is 0 Å². The number of amides is 4. The molecule has 2 atom stereocenters. The number of benzene rings is 1. The Kier molecular flexibility index (Phi) is 5.53. The van der Waals surface area contributed by atoms with Crippen LogP contribution in [0, 0.1) is 23.2 Å². The summed E-state index contributed by atoms with van der Waals surface area (Å²) in [7, 11) is 0. The lowest BCUT2D eigenvalue weighted by atomic mass is 9.48. The van der Waals surface area contributed by atoms with E-state index in [1.165, 1.54) is 44.1 Å². The van der Waals surface area contributed by atoms with Gasteiger partial charge in [0.25, 0.3) is 5.91 Å².